The summed E-state index contributed by atoms with van der Waals surface area (Å²) in [6.07, 6.45) is 2.69. The zero-order chi connectivity index (χ0) is 10.5. The van der Waals surface area contributed by atoms with Crippen molar-refractivity contribution < 1.29 is 4.74 Å². The number of ether oxygens (including phenoxy) is 1. The third-order valence-electron chi connectivity index (χ3n) is 2.28. The molecule has 1 fully saturated rings. The highest BCUT2D eigenvalue weighted by Crippen LogP contribution is 2.29. The summed E-state index contributed by atoms with van der Waals surface area (Å²) in [5, 5.41) is 2.05. The van der Waals surface area contributed by atoms with Gasteiger partial charge in [0.05, 0.1) is 13.2 Å². The number of hydrogen-bond acceptors (Lipinski definition) is 3. The van der Waals surface area contributed by atoms with Gasteiger partial charge in [0.15, 0.2) is 0 Å². The van der Waals surface area contributed by atoms with Crippen molar-refractivity contribution in [3.63, 3.8) is 0 Å². The van der Waals surface area contributed by atoms with Gasteiger partial charge in [-0.15, -0.1) is 11.3 Å². The fourth-order valence-electron chi connectivity index (χ4n) is 1.29. The van der Waals surface area contributed by atoms with Gasteiger partial charge in [-0.05, 0) is 24.8 Å². The quantitative estimate of drug-likeness (QED) is 0.789. The van der Waals surface area contributed by atoms with Gasteiger partial charge in [0.2, 0.25) is 0 Å². The van der Waals surface area contributed by atoms with E-state index in [9.17, 15) is 0 Å². The van der Waals surface area contributed by atoms with Gasteiger partial charge in [-0.2, -0.15) is 0 Å². The van der Waals surface area contributed by atoms with Crippen LogP contribution in [0.25, 0.3) is 0 Å². The maximum absolute atomic E-state index is 5.60. The Kier molecular flexibility index (Phi) is 3.79. The topological polar surface area (TPSA) is 35.2 Å². The predicted octanol–water partition coefficient (Wildman–Crippen LogP) is 1.98. The van der Waals surface area contributed by atoms with Gasteiger partial charge in [0.1, 0.15) is 0 Å². The summed E-state index contributed by atoms with van der Waals surface area (Å²) >= 11 is 1.70. The molecule has 1 aliphatic rings. The van der Waals surface area contributed by atoms with E-state index < -0.39 is 0 Å². The lowest BCUT2D eigenvalue weighted by Gasteiger charge is -1.98. The van der Waals surface area contributed by atoms with Crippen LogP contribution in [0.15, 0.2) is 11.4 Å². The van der Waals surface area contributed by atoms with Gasteiger partial charge in [-0.3, -0.25) is 0 Å². The highest BCUT2D eigenvalue weighted by atomic mass is 32.1. The van der Waals surface area contributed by atoms with Crippen LogP contribution in [0.4, 0.5) is 0 Å². The SMILES string of the molecule is NCC#Cc1csc(COCC2CC2)c1. The molecule has 0 bridgehead atoms. The average molecular weight is 221 g/mol. The molecule has 0 spiro atoms. The van der Waals surface area contributed by atoms with Crippen LogP contribution < -0.4 is 5.73 Å². The van der Waals surface area contributed by atoms with Gasteiger partial charge in [0, 0.05) is 22.4 Å². The Morgan fingerprint density at radius 1 is 1.53 bits per heavy atom. The Bertz CT molecular complexity index is 370. The molecule has 2 N–H and O–H groups in total. The summed E-state index contributed by atoms with van der Waals surface area (Å²) in [6, 6.07) is 2.08. The molecule has 0 atom stereocenters. The Morgan fingerprint density at radius 2 is 2.40 bits per heavy atom. The normalized spacial score (nSPS) is 14.7. The smallest absolute Gasteiger partial charge is 0.0809 e. The molecule has 0 aromatic carbocycles. The highest BCUT2D eigenvalue weighted by molar-refractivity contribution is 7.10. The molecule has 0 radical (unpaired) electrons. The van der Waals surface area contributed by atoms with E-state index in [4.69, 9.17) is 10.5 Å². The Balaban J connectivity index is 1.77. The molecular formula is C12H15NOS. The van der Waals surface area contributed by atoms with Crippen LogP contribution in [-0.2, 0) is 11.3 Å². The highest BCUT2D eigenvalue weighted by Gasteiger charge is 2.21. The van der Waals surface area contributed by atoms with Crippen LogP contribution in [0.3, 0.4) is 0 Å². The van der Waals surface area contributed by atoms with Crippen molar-refractivity contribution in [2.45, 2.75) is 19.4 Å². The molecule has 0 saturated heterocycles. The standard InChI is InChI=1S/C12H15NOS/c13-5-1-2-11-6-12(15-9-11)8-14-7-10-3-4-10/h6,9-10H,3-5,7-8,13H2. The molecule has 3 heteroatoms. The lowest BCUT2D eigenvalue weighted by molar-refractivity contribution is 0.113. The van der Waals surface area contributed by atoms with E-state index in [2.05, 4.69) is 23.3 Å². The molecule has 2 rings (SSSR count). The van der Waals surface area contributed by atoms with Crippen molar-refractivity contribution in [2.75, 3.05) is 13.2 Å². The van der Waals surface area contributed by atoms with Gasteiger partial charge in [-0.25, -0.2) is 0 Å². The molecular weight excluding hydrogens is 206 g/mol. The third kappa shape index (κ3) is 3.67. The van der Waals surface area contributed by atoms with Gasteiger partial charge in [-0.1, -0.05) is 11.8 Å². The first-order chi connectivity index (χ1) is 7.38. The van der Waals surface area contributed by atoms with E-state index >= 15 is 0 Å². The molecule has 15 heavy (non-hydrogen) atoms. The second-order valence-corrected chi connectivity index (χ2v) is 4.76. The molecule has 1 aromatic rings. The first kappa shape index (κ1) is 10.7. The number of nitrogens with two attached hydrogens (primary N) is 1. The van der Waals surface area contributed by atoms with Crippen LogP contribution in [0.1, 0.15) is 23.3 Å². The maximum atomic E-state index is 5.60. The molecule has 80 valence electrons. The first-order valence-electron chi connectivity index (χ1n) is 5.22. The number of thiophene rings is 1. The molecule has 1 aromatic heterocycles. The van der Waals surface area contributed by atoms with Crippen molar-refractivity contribution in [3.8, 4) is 11.8 Å². The number of rotatable bonds is 4. The number of hydrogen-bond donors (Lipinski definition) is 1. The van der Waals surface area contributed by atoms with E-state index in [1.165, 1.54) is 17.7 Å². The minimum Gasteiger partial charge on any atom is -0.376 e. The van der Waals surface area contributed by atoms with Crippen LogP contribution in [0.2, 0.25) is 0 Å². The molecule has 0 amide bonds. The van der Waals surface area contributed by atoms with E-state index in [1.54, 1.807) is 11.3 Å². The summed E-state index contributed by atoms with van der Waals surface area (Å²) in [7, 11) is 0. The largest absolute Gasteiger partial charge is 0.376 e. The minimum atomic E-state index is 0.420. The maximum Gasteiger partial charge on any atom is 0.0809 e. The molecule has 1 saturated carbocycles. The second kappa shape index (κ2) is 5.32. The van der Waals surface area contributed by atoms with E-state index in [1.807, 2.05) is 0 Å². The van der Waals surface area contributed by atoms with Gasteiger partial charge in [0.25, 0.3) is 0 Å². The Hall–Kier alpha value is -0.820. The minimum absolute atomic E-state index is 0.420. The molecule has 1 heterocycles. The fraction of sp³-hybridized carbons (Fsp3) is 0.500. The summed E-state index contributed by atoms with van der Waals surface area (Å²) in [4.78, 5) is 1.25. The monoisotopic (exact) mass is 221 g/mol. The summed E-state index contributed by atoms with van der Waals surface area (Å²) in [5.41, 5.74) is 6.36. The van der Waals surface area contributed by atoms with Crippen LogP contribution >= 0.6 is 11.3 Å². The Labute approximate surface area is 94.4 Å². The fourth-order valence-corrected chi connectivity index (χ4v) is 2.04. The van der Waals surface area contributed by atoms with E-state index in [0.717, 1.165) is 24.7 Å². The zero-order valence-electron chi connectivity index (χ0n) is 8.66. The molecule has 0 unspecified atom stereocenters. The zero-order valence-corrected chi connectivity index (χ0v) is 9.48. The summed E-state index contributed by atoms with van der Waals surface area (Å²) in [5.74, 6) is 6.70. The van der Waals surface area contributed by atoms with Crippen LogP contribution in [-0.4, -0.2) is 13.2 Å². The van der Waals surface area contributed by atoms with Gasteiger partial charge < -0.3 is 10.5 Å². The second-order valence-electron chi connectivity index (χ2n) is 3.77. The van der Waals surface area contributed by atoms with Crippen molar-refractivity contribution in [2.24, 2.45) is 11.7 Å². The van der Waals surface area contributed by atoms with Crippen molar-refractivity contribution in [1.82, 2.24) is 0 Å². The molecule has 2 nitrogen and oxygen atoms in total. The summed E-state index contributed by atoms with van der Waals surface area (Å²) < 4.78 is 5.60. The molecule has 0 aliphatic heterocycles. The van der Waals surface area contributed by atoms with Crippen LogP contribution in [0.5, 0.6) is 0 Å². The Morgan fingerprint density at radius 3 is 3.13 bits per heavy atom. The van der Waals surface area contributed by atoms with Crippen molar-refractivity contribution in [3.05, 3.63) is 21.9 Å². The summed E-state index contributed by atoms with van der Waals surface area (Å²) in [6.45, 7) is 2.07. The molecule has 1 aliphatic carbocycles. The van der Waals surface area contributed by atoms with Gasteiger partial charge >= 0.3 is 0 Å². The lowest BCUT2D eigenvalue weighted by atomic mass is 10.3. The van der Waals surface area contributed by atoms with Crippen LogP contribution in [0, 0.1) is 17.8 Å². The van der Waals surface area contributed by atoms with Crippen molar-refractivity contribution in [1.29, 1.82) is 0 Å². The van der Waals surface area contributed by atoms with E-state index in [0.29, 0.717) is 6.54 Å². The predicted molar refractivity (Wildman–Crippen MR) is 62.6 cm³/mol. The third-order valence-corrected chi connectivity index (χ3v) is 3.19. The van der Waals surface area contributed by atoms with Crippen molar-refractivity contribution >= 4 is 11.3 Å². The van der Waals surface area contributed by atoms with E-state index in [-0.39, 0.29) is 0 Å². The average Bonchev–Trinajstić information content (AvgIpc) is 2.95. The lowest BCUT2D eigenvalue weighted by Crippen LogP contribution is -1.94. The first-order valence-corrected chi connectivity index (χ1v) is 6.10.